The van der Waals surface area contributed by atoms with Crippen LogP contribution in [0.15, 0.2) is 24.5 Å². The number of hydrogen-bond donors (Lipinski definition) is 1. The predicted molar refractivity (Wildman–Crippen MR) is 47.4 cm³/mol. The normalized spacial score (nSPS) is 12.5. The van der Waals surface area contributed by atoms with E-state index >= 15 is 0 Å². The highest BCUT2D eigenvalue weighted by Crippen LogP contribution is 2.09. The molecule has 0 aliphatic rings. The first-order chi connectivity index (χ1) is 6.33. The first-order valence-corrected chi connectivity index (χ1v) is 4.06. The third-order valence-electron chi connectivity index (χ3n) is 1.48. The molecule has 1 aromatic heterocycles. The Kier molecular flexibility index (Phi) is 4.21. The van der Waals surface area contributed by atoms with Gasteiger partial charge in [0.15, 0.2) is 6.29 Å². The fourth-order valence-corrected chi connectivity index (χ4v) is 0.851. The minimum Gasteiger partial charge on any atom is -0.463 e. The lowest BCUT2D eigenvalue weighted by atomic mass is 10.4. The van der Waals surface area contributed by atoms with Gasteiger partial charge in [-0.15, -0.1) is 0 Å². The van der Waals surface area contributed by atoms with Crippen LogP contribution < -0.4 is 4.74 Å². The molecular formula is C9H13NO3. The lowest BCUT2D eigenvalue weighted by Crippen LogP contribution is -2.17. The molecule has 0 aliphatic carbocycles. The molecule has 0 fully saturated rings. The van der Waals surface area contributed by atoms with E-state index in [2.05, 4.69) is 4.98 Å². The van der Waals surface area contributed by atoms with Crippen molar-refractivity contribution in [1.82, 2.24) is 4.98 Å². The van der Waals surface area contributed by atoms with Crippen LogP contribution in [0.1, 0.15) is 6.42 Å². The minimum atomic E-state index is -0.829. The summed E-state index contributed by atoms with van der Waals surface area (Å²) in [7, 11) is 1.58. The highest BCUT2D eigenvalue weighted by molar-refractivity contribution is 5.15. The van der Waals surface area contributed by atoms with Gasteiger partial charge in [-0.25, -0.2) is 0 Å². The smallest absolute Gasteiger partial charge is 0.199 e. The number of aliphatic hydroxyl groups is 1. The van der Waals surface area contributed by atoms with Crippen LogP contribution >= 0.6 is 0 Å². The van der Waals surface area contributed by atoms with Crippen molar-refractivity contribution in [1.29, 1.82) is 0 Å². The average Bonchev–Trinajstić information content (AvgIpc) is 2.16. The second kappa shape index (κ2) is 5.50. The van der Waals surface area contributed by atoms with Crippen LogP contribution in [0.25, 0.3) is 0 Å². The monoisotopic (exact) mass is 183 g/mol. The van der Waals surface area contributed by atoms with E-state index < -0.39 is 6.29 Å². The number of nitrogens with zero attached hydrogens (tertiary/aromatic N) is 1. The molecule has 0 saturated heterocycles. The Labute approximate surface area is 77.1 Å². The zero-order valence-electron chi connectivity index (χ0n) is 7.51. The molecule has 1 heterocycles. The SMILES string of the molecule is COCCC(O)Oc1cccnc1. The molecule has 4 heteroatoms. The van der Waals surface area contributed by atoms with E-state index in [1.807, 2.05) is 0 Å². The molecule has 0 spiro atoms. The van der Waals surface area contributed by atoms with Gasteiger partial charge >= 0.3 is 0 Å². The Bertz CT molecular complexity index is 228. The molecule has 0 amide bonds. The molecular weight excluding hydrogens is 170 g/mol. The van der Waals surface area contributed by atoms with Crippen molar-refractivity contribution >= 4 is 0 Å². The van der Waals surface area contributed by atoms with Crippen LogP contribution in [0.3, 0.4) is 0 Å². The third kappa shape index (κ3) is 3.87. The maximum Gasteiger partial charge on any atom is 0.199 e. The topological polar surface area (TPSA) is 51.6 Å². The molecule has 4 nitrogen and oxygen atoms in total. The van der Waals surface area contributed by atoms with Crippen LogP contribution in [-0.2, 0) is 4.74 Å². The zero-order valence-corrected chi connectivity index (χ0v) is 7.51. The fourth-order valence-electron chi connectivity index (χ4n) is 0.851. The Hall–Kier alpha value is -1.13. The van der Waals surface area contributed by atoms with E-state index in [0.717, 1.165) is 0 Å². The molecule has 0 aliphatic heterocycles. The maximum atomic E-state index is 9.30. The Morgan fingerprint density at radius 3 is 3.08 bits per heavy atom. The van der Waals surface area contributed by atoms with Crippen LogP contribution in [-0.4, -0.2) is 30.1 Å². The van der Waals surface area contributed by atoms with Crippen molar-refractivity contribution in [2.75, 3.05) is 13.7 Å². The number of aliphatic hydroxyl groups excluding tert-OH is 1. The van der Waals surface area contributed by atoms with E-state index in [4.69, 9.17) is 9.47 Å². The summed E-state index contributed by atoms with van der Waals surface area (Å²) >= 11 is 0. The Balaban J connectivity index is 2.32. The second-order valence-electron chi connectivity index (χ2n) is 2.54. The lowest BCUT2D eigenvalue weighted by Gasteiger charge is -2.11. The summed E-state index contributed by atoms with van der Waals surface area (Å²) in [4.78, 5) is 3.85. The Morgan fingerprint density at radius 1 is 1.62 bits per heavy atom. The largest absolute Gasteiger partial charge is 0.463 e. The van der Waals surface area contributed by atoms with Gasteiger partial charge < -0.3 is 14.6 Å². The van der Waals surface area contributed by atoms with Gasteiger partial charge in [-0.2, -0.15) is 0 Å². The molecule has 0 saturated carbocycles. The molecule has 0 radical (unpaired) electrons. The Morgan fingerprint density at radius 2 is 2.46 bits per heavy atom. The van der Waals surface area contributed by atoms with E-state index in [1.54, 1.807) is 31.6 Å². The van der Waals surface area contributed by atoms with Crippen LogP contribution in [0.4, 0.5) is 0 Å². The molecule has 1 aromatic rings. The number of ether oxygens (including phenoxy) is 2. The van der Waals surface area contributed by atoms with Gasteiger partial charge in [-0.3, -0.25) is 4.98 Å². The summed E-state index contributed by atoms with van der Waals surface area (Å²) in [5, 5.41) is 9.30. The number of methoxy groups -OCH3 is 1. The van der Waals surface area contributed by atoms with Gasteiger partial charge in [0.05, 0.1) is 12.8 Å². The van der Waals surface area contributed by atoms with Crippen LogP contribution in [0.2, 0.25) is 0 Å². The molecule has 72 valence electrons. The van der Waals surface area contributed by atoms with Crippen molar-refractivity contribution in [2.45, 2.75) is 12.7 Å². The molecule has 1 N–H and O–H groups in total. The van der Waals surface area contributed by atoms with Gasteiger partial charge in [-0.1, -0.05) is 0 Å². The van der Waals surface area contributed by atoms with Crippen molar-refractivity contribution < 1.29 is 14.6 Å². The van der Waals surface area contributed by atoms with E-state index in [1.165, 1.54) is 0 Å². The highest BCUT2D eigenvalue weighted by Gasteiger charge is 2.04. The number of pyridine rings is 1. The fraction of sp³-hybridized carbons (Fsp3) is 0.444. The molecule has 0 bridgehead atoms. The average molecular weight is 183 g/mol. The van der Waals surface area contributed by atoms with Crippen molar-refractivity contribution in [3.8, 4) is 5.75 Å². The van der Waals surface area contributed by atoms with Crippen LogP contribution in [0, 0.1) is 0 Å². The molecule has 1 unspecified atom stereocenters. The number of rotatable bonds is 5. The standard InChI is InChI=1S/C9H13NO3/c1-12-6-4-9(11)13-8-3-2-5-10-7-8/h2-3,5,7,9,11H,4,6H2,1H3. The van der Waals surface area contributed by atoms with Gasteiger partial charge in [0.1, 0.15) is 5.75 Å². The van der Waals surface area contributed by atoms with E-state index in [9.17, 15) is 5.11 Å². The summed E-state index contributed by atoms with van der Waals surface area (Å²) < 4.78 is 9.92. The number of aromatic nitrogens is 1. The zero-order chi connectivity index (χ0) is 9.52. The molecule has 1 rings (SSSR count). The quantitative estimate of drug-likeness (QED) is 0.686. The first-order valence-electron chi connectivity index (χ1n) is 4.06. The van der Waals surface area contributed by atoms with Crippen molar-refractivity contribution in [3.63, 3.8) is 0 Å². The second-order valence-corrected chi connectivity index (χ2v) is 2.54. The van der Waals surface area contributed by atoms with Gasteiger partial charge in [-0.05, 0) is 12.1 Å². The maximum absolute atomic E-state index is 9.30. The van der Waals surface area contributed by atoms with Crippen molar-refractivity contribution in [3.05, 3.63) is 24.5 Å². The summed E-state index contributed by atoms with van der Waals surface area (Å²) in [6.45, 7) is 0.474. The van der Waals surface area contributed by atoms with Crippen molar-refractivity contribution in [2.24, 2.45) is 0 Å². The summed E-state index contributed by atoms with van der Waals surface area (Å²) in [5.74, 6) is 0.561. The van der Waals surface area contributed by atoms with Gasteiger partial charge in [0, 0.05) is 19.7 Å². The first kappa shape index (κ1) is 9.95. The molecule has 1 atom stereocenters. The van der Waals surface area contributed by atoms with E-state index in [-0.39, 0.29) is 0 Å². The van der Waals surface area contributed by atoms with Crippen LogP contribution in [0.5, 0.6) is 5.75 Å². The summed E-state index contributed by atoms with van der Waals surface area (Å²) in [6, 6.07) is 3.49. The third-order valence-corrected chi connectivity index (χ3v) is 1.48. The number of hydrogen-bond acceptors (Lipinski definition) is 4. The minimum absolute atomic E-state index is 0.450. The highest BCUT2D eigenvalue weighted by atomic mass is 16.6. The van der Waals surface area contributed by atoms with Gasteiger partial charge in [0.25, 0.3) is 0 Å². The summed E-state index contributed by atoms with van der Waals surface area (Å²) in [5.41, 5.74) is 0. The van der Waals surface area contributed by atoms with Gasteiger partial charge in [0.2, 0.25) is 0 Å². The molecule has 0 aromatic carbocycles. The molecule has 13 heavy (non-hydrogen) atoms. The van der Waals surface area contributed by atoms with E-state index in [0.29, 0.717) is 18.8 Å². The summed E-state index contributed by atoms with van der Waals surface area (Å²) in [6.07, 6.45) is 2.82. The predicted octanol–water partition coefficient (Wildman–Crippen LogP) is 0.815. The lowest BCUT2D eigenvalue weighted by molar-refractivity contribution is -0.0370.